The molecule has 1 fully saturated rings. The summed E-state index contributed by atoms with van der Waals surface area (Å²) < 4.78 is 6.14. The molecule has 0 amide bonds. The molecule has 1 aliphatic rings. The van der Waals surface area contributed by atoms with Crippen molar-refractivity contribution in [1.82, 2.24) is 9.88 Å². The van der Waals surface area contributed by atoms with Gasteiger partial charge in [-0.2, -0.15) is 0 Å². The third-order valence-corrected chi connectivity index (χ3v) is 4.80. The van der Waals surface area contributed by atoms with Crippen LogP contribution in [0.4, 0.5) is 5.69 Å². The first-order valence-electron chi connectivity index (χ1n) is 9.03. The smallest absolute Gasteiger partial charge is 0.222 e. The number of pyridine rings is 1. The summed E-state index contributed by atoms with van der Waals surface area (Å²) >= 11 is 0. The topological polar surface area (TPSA) is 54.6 Å². The van der Waals surface area contributed by atoms with Crippen LogP contribution in [0.2, 0.25) is 0 Å². The maximum Gasteiger partial charge on any atom is 0.222 e. The van der Waals surface area contributed by atoms with Crippen molar-refractivity contribution in [2.75, 3.05) is 38.1 Å². The van der Waals surface area contributed by atoms with Crippen LogP contribution in [0, 0.1) is 0 Å². The van der Waals surface area contributed by atoms with Gasteiger partial charge in [0, 0.05) is 55.7 Å². The summed E-state index contributed by atoms with van der Waals surface area (Å²) in [6, 6.07) is 10.2. The molecular weight excluding hydrogens is 312 g/mol. The fourth-order valence-corrected chi connectivity index (χ4v) is 3.28. The van der Waals surface area contributed by atoms with Crippen molar-refractivity contribution >= 4 is 5.69 Å². The number of ether oxygens (including phenoxy) is 1. The maximum atomic E-state index is 6.14. The molecule has 1 atom stereocenters. The van der Waals surface area contributed by atoms with Gasteiger partial charge in [-0.15, -0.1) is 0 Å². The Kier molecular flexibility index (Phi) is 5.56. The van der Waals surface area contributed by atoms with Gasteiger partial charge in [-0.05, 0) is 44.2 Å². The number of rotatable bonds is 5. The number of benzene rings is 1. The highest BCUT2D eigenvalue weighted by atomic mass is 16.5. The Labute approximate surface area is 150 Å². The van der Waals surface area contributed by atoms with Crippen molar-refractivity contribution in [2.24, 2.45) is 5.73 Å². The molecule has 5 heteroatoms. The van der Waals surface area contributed by atoms with E-state index in [2.05, 4.69) is 40.9 Å². The van der Waals surface area contributed by atoms with E-state index in [0.717, 1.165) is 49.5 Å². The molecule has 1 aromatic carbocycles. The summed E-state index contributed by atoms with van der Waals surface area (Å²) in [6.07, 6.45) is 2.62. The van der Waals surface area contributed by atoms with Gasteiger partial charge in [-0.1, -0.05) is 13.0 Å². The third-order valence-electron chi connectivity index (χ3n) is 4.80. The van der Waals surface area contributed by atoms with Gasteiger partial charge in [0.25, 0.3) is 0 Å². The predicted molar refractivity (Wildman–Crippen MR) is 102 cm³/mol. The van der Waals surface area contributed by atoms with Crippen molar-refractivity contribution in [2.45, 2.75) is 26.3 Å². The number of piperazine rings is 1. The van der Waals surface area contributed by atoms with Crippen LogP contribution in [-0.2, 0) is 6.42 Å². The summed E-state index contributed by atoms with van der Waals surface area (Å²) in [5, 5.41) is 0. The van der Waals surface area contributed by atoms with Gasteiger partial charge in [0.05, 0.1) is 0 Å². The van der Waals surface area contributed by atoms with E-state index in [1.54, 1.807) is 6.20 Å². The van der Waals surface area contributed by atoms with Gasteiger partial charge >= 0.3 is 0 Å². The van der Waals surface area contributed by atoms with Gasteiger partial charge in [0.1, 0.15) is 5.75 Å². The average Bonchev–Trinajstić information content (AvgIpc) is 2.62. The van der Waals surface area contributed by atoms with Crippen LogP contribution in [0.1, 0.15) is 31.0 Å². The normalized spacial score (nSPS) is 16.7. The second kappa shape index (κ2) is 7.85. The van der Waals surface area contributed by atoms with E-state index in [0.29, 0.717) is 5.88 Å². The highest BCUT2D eigenvalue weighted by Gasteiger charge is 2.16. The van der Waals surface area contributed by atoms with Crippen LogP contribution in [0.5, 0.6) is 11.6 Å². The van der Waals surface area contributed by atoms with Crippen LogP contribution < -0.4 is 15.4 Å². The maximum absolute atomic E-state index is 6.14. The molecule has 134 valence electrons. The quantitative estimate of drug-likeness (QED) is 0.906. The van der Waals surface area contributed by atoms with E-state index in [1.165, 1.54) is 5.69 Å². The number of hydrogen-bond donors (Lipinski definition) is 1. The Balaban J connectivity index is 1.82. The van der Waals surface area contributed by atoms with Crippen LogP contribution in [0.15, 0.2) is 36.5 Å². The average molecular weight is 340 g/mol. The first kappa shape index (κ1) is 17.7. The molecule has 1 aromatic heterocycles. The molecule has 3 rings (SSSR count). The molecule has 0 aliphatic carbocycles. The lowest BCUT2D eigenvalue weighted by atomic mass is 10.0. The Morgan fingerprint density at radius 2 is 1.96 bits per heavy atom. The van der Waals surface area contributed by atoms with E-state index < -0.39 is 0 Å². The molecule has 0 bridgehead atoms. The molecule has 1 saturated heterocycles. The van der Waals surface area contributed by atoms with Crippen molar-refractivity contribution < 1.29 is 4.74 Å². The Morgan fingerprint density at radius 1 is 1.20 bits per heavy atom. The lowest BCUT2D eigenvalue weighted by Gasteiger charge is -2.34. The summed E-state index contributed by atoms with van der Waals surface area (Å²) in [7, 11) is 2.17. The summed E-state index contributed by atoms with van der Waals surface area (Å²) in [5.41, 5.74) is 9.48. The van der Waals surface area contributed by atoms with Crippen molar-refractivity contribution in [1.29, 1.82) is 0 Å². The van der Waals surface area contributed by atoms with Gasteiger partial charge < -0.3 is 20.3 Å². The fraction of sp³-hybridized carbons (Fsp3) is 0.450. The lowest BCUT2D eigenvalue weighted by molar-refractivity contribution is 0.312. The largest absolute Gasteiger partial charge is 0.439 e. The van der Waals surface area contributed by atoms with Gasteiger partial charge in [-0.25, -0.2) is 4.98 Å². The van der Waals surface area contributed by atoms with Crippen LogP contribution in [0.3, 0.4) is 0 Å². The SMILES string of the molecule is CCc1c(C(C)N)ccnc1Oc1cccc(N2CCN(C)CC2)c1. The molecule has 0 spiro atoms. The first-order chi connectivity index (χ1) is 12.1. The van der Waals surface area contributed by atoms with Gasteiger partial charge in [0.15, 0.2) is 0 Å². The van der Waals surface area contributed by atoms with Crippen molar-refractivity contribution in [3.05, 3.63) is 47.7 Å². The molecule has 0 saturated carbocycles. The number of hydrogen-bond acceptors (Lipinski definition) is 5. The van der Waals surface area contributed by atoms with E-state index >= 15 is 0 Å². The monoisotopic (exact) mass is 340 g/mol. The van der Waals surface area contributed by atoms with Gasteiger partial charge in [-0.3, -0.25) is 0 Å². The Bertz CT molecular complexity index is 709. The molecule has 5 nitrogen and oxygen atoms in total. The van der Waals surface area contributed by atoms with Crippen molar-refractivity contribution in [3.8, 4) is 11.6 Å². The van der Waals surface area contributed by atoms with Crippen LogP contribution in [-0.4, -0.2) is 43.1 Å². The number of likely N-dealkylation sites (N-methyl/N-ethyl adjacent to an activating group) is 1. The summed E-state index contributed by atoms with van der Waals surface area (Å²) in [5.74, 6) is 1.48. The molecule has 2 heterocycles. The zero-order valence-electron chi connectivity index (χ0n) is 15.4. The minimum Gasteiger partial charge on any atom is -0.439 e. The van der Waals surface area contributed by atoms with Gasteiger partial charge in [0.2, 0.25) is 5.88 Å². The molecular formula is C20H28N4O. The van der Waals surface area contributed by atoms with E-state index in [4.69, 9.17) is 10.5 Å². The fourth-order valence-electron chi connectivity index (χ4n) is 3.28. The van der Waals surface area contributed by atoms with E-state index in [1.807, 2.05) is 25.1 Å². The molecule has 2 N–H and O–H groups in total. The molecule has 0 radical (unpaired) electrons. The van der Waals surface area contributed by atoms with Crippen LogP contribution in [0.25, 0.3) is 0 Å². The standard InChI is InChI=1S/C20H28N4O/c1-4-18-19(15(2)21)8-9-22-20(18)25-17-7-5-6-16(14-17)24-12-10-23(3)11-13-24/h5-9,14-15H,4,10-13,21H2,1-3H3. The molecule has 2 aromatic rings. The number of nitrogens with zero attached hydrogens (tertiary/aromatic N) is 3. The second-order valence-electron chi connectivity index (χ2n) is 6.72. The highest BCUT2D eigenvalue weighted by Crippen LogP contribution is 2.30. The number of aromatic nitrogens is 1. The Morgan fingerprint density at radius 3 is 2.64 bits per heavy atom. The number of anilines is 1. The highest BCUT2D eigenvalue weighted by molar-refractivity contribution is 5.52. The van der Waals surface area contributed by atoms with Crippen molar-refractivity contribution in [3.63, 3.8) is 0 Å². The third kappa shape index (κ3) is 4.11. The summed E-state index contributed by atoms with van der Waals surface area (Å²) in [6.45, 7) is 8.35. The molecule has 1 unspecified atom stereocenters. The second-order valence-corrected chi connectivity index (χ2v) is 6.72. The minimum atomic E-state index is -0.0306. The van der Waals surface area contributed by atoms with E-state index in [9.17, 15) is 0 Å². The Hall–Kier alpha value is -2.11. The number of nitrogens with two attached hydrogens (primary N) is 1. The van der Waals surface area contributed by atoms with E-state index in [-0.39, 0.29) is 6.04 Å². The molecule has 25 heavy (non-hydrogen) atoms. The first-order valence-corrected chi connectivity index (χ1v) is 9.03. The lowest BCUT2D eigenvalue weighted by Crippen LogP contribution is -2.44. The van der Waals surface area contributed by atoms with Crippen LogP contribution >= 0.6 is 0 Å². The zero-order chi connectivity index (χ0) is 17.8. The predicted octanol–water partition coefficient (Wildman–Crippen LogP) is 3.21. The summed E-state index contributed by atoms with van der Waals surface area (Å²) in [4.78, 5) is 9.20. The molecule has 1 aliphatic heterocycles. The zero-order valence-corrected chi connectivity index (χ0v) is 15.4. The minimum absolute atomic E-state index is 0.0306.